The molecule has 2 unspecified atom stereocenters. The molecule has 0 aromatic heterocycles. The second kappa shape index (κ2) is 16.1. The van der Waals surface area contributed by atoms with Crippen molar-refractivity contribution in [2.75, 3.05) is 25.1 Å². The van der Waals surface area contributed by atoms with Crippen LogP contribution in [-0.2, 0) is 32.6 Å². The first-order valence-corrected chi connectivity index (χ1v) is 16.7. The number of carbonyl (C=O) groups is 2. The van der Waals surface area contributed by atoms with Crippen LogP contribution in [0.1, 0.15) is 31.4 Å². The Labute approximate surface area is 276 Å². The Kier molecular flexibility index (Phi) is 12.0. The molecule has 4 aromatic rings. The summed E-state index contributed by atoms with van der Waals surface area (Å²) in [4.78, 5) is 29.7. The van der Waals surface area contributed by atoms with E-state index in [1.807, 2.05) is 44.2 Å². The van der Waals surface area contributed by atoms with Crippen LogP contribution in [0.25, 0.3) is 0 Å². The monoisotopic (exact) mass is 661 g/mol. The van der Waals surface area contributed by atoms with E-state index in [0.717, 1.165) is 9.87 Å². The van der Waals surface area contributed by atoms with E-state index < -0.39 is 40.2 Å². The molecule has 2 atom stereocenters. The Balaban J connectivity index is 1.85. The quantitative estimate of drug-likeness (QED) is 0.178. The van der Waals surface area contributed by atoms with Crippen molar-refractivity contribution in [3.63, 3.8) is 0 Å². The number of hydrogen-bond donors (Lipinski definition) is 1. The molecule has 0 heterocycles. The number of hydrogen-bond acceptors (Lipinski definition) is 6. The molecule has 0 saturated heterocycles. The predicted molar refractivity (Wildman–Crippen MR) is 179 cm³/mol. The van der Waals surface area contributed by atoms with Crippen LogP contribution in [0.5, 0.6) is 11.5 Å². The lowest BCUT2D eigenvalue weighted by Crippen LogP contribution is -2.54. The number of ether oxygens (including phenoxy) is 2. The SMILES string of the molecule is CCC(C)NC(=O)C(Cc1ccccc1)N(Cc1ccccc1F)C(=O)CN(c1ccc(OC)c(OC)c1)S(=O)(=O)c1ccccc1. The Morgan fingerprint density at radius 3 is 2.09 bits per heavy atom. The third-order valence-electron chi connectivity index (χ3n) is 7.84. The van der Waals surface area contributed by atoms with Crippen LogP contribution in [0.2, 0.25) is 0 Å². The standard InChI is InChI=1S/C36H40FN3O6S/c1-5-26(2)38-36(42)32(22-27-14-8-6-9-15-27)39(24-28-16-12-13-19-31(28)37)35(41)25-40(47(43,44)30-17-10-7-11-18-30)29-20-21-33(45-3)34(23-29)46-4/h6-21,23,26,32H,5,22,24-25H2,1-4H3,(H,38,42). The molecule has 0 spiro atoms. The molecule has 11 heteroatoms. The summed E-state index contributed by atoms with van der Waals surface area (Å²) in [7, 11) is -1.45. The number of halogens is 1. The lowest BCUT2D eigenvalue weighted by atomic mass is 10.0. The fourth-order valence-corrected chi connectivity index (χ4v) is 6.46. The number of amides is 2. The maximum absolute atomic E-state index is 15.1. The van der Waals surface area contributed by atoms with Crippen LogP contribution in [0.4, 0.5) is 10.1 Å². The average Bonchev–Trinajstić information content (AvgIpc) is 3.09. The Morgan fingerprint density at radius 1 is 0.851 bits per heavy atom. The maximum atomic E-state index is 15.1. The number of anilines is 1. The molecule has 9 nitrogen and oxygen atoms in total. The van der Waals surface area contributed by atoms with Crippen LogP contribution >= 0.6 is 0 Å². The van der Waals surface area contributed by atoms with Crippen molar-refractivity contribution in [3.05, 3.63) is 120 Å². The summed E-state index contributed by atoms with van der Waals surface area (Å²) in [6, 6.07) is 26.1. The van der Waals surface area contributed by atoms with Crippen LogP contribution in [0.3, 0.4) is 0 Å². The molecule has 248 valence electrons. The largest absolute Gasteiger partial charge is 0.493 e. The fourth-order valence-electron chi connectivity index (χ4n) is 5.03. The maximum Gasteiger partial charge on any atom is 0.264 e. The average molecular weight is 662 g/mol. The van der Waals surface area contributed by atoms with Gasteiger partial charge in [0.15, 0.2) is 11.5 Å². The van der Waals surface area contributed by atoms with Crippen LogP contribution in [-0.4, -0.2) is 58.0 Å². The van der Waals surface area contributed by atoms with Crippen molar-refractivity contribution >= 4 is 27.5 Å². The van der Waals surface area contributed by atoms with Gasteiger partial charge in [-0.3, -0.25) is 13.9 Å². The molecule has 0 saturated carbocycles. The van der Waals surface area contributed by atoms with Gasteiger partial charge in [0.1, 0.15) is 18.4 Å². The molecular weight excluding hydrogens is 621 g/mol. The van der Waals surface area contributed by atoms with E-state index in [1.54, 1.807) is 30.3 Å². The zero-order chi connectivity index (χ0) is 34.0. The highest BCUT2D eigenvalue weighted by molar-refractivity contribution is 7.92. The fraction of sp³-hybridized carbons (Fsp3) is 0.278. The minimum atomic E-state index is -4.32. The van der Waals surface area contributed by atoms with Gasteiger partial charge in [-0.05, 0) is 49.2 Å². The molecule has 0 aliphatic carbocycles. The van der Waals surface area contributed by atoms with Crippen LogP contribution in [0.15, 0.2) is 108 Å². The number of rotatable bonds is 15. The highest BCUT2D eigenvalue weighted by Gasteiger charge is 2.35. The lowest BCUT2D eigenvalue weighted by Gasteiger charge is -2.34. The van der Waals surface area contributed by atoms with Gasteiger partial charge in [-0.1, -0.05) is 73.7 Å². The zero-order valence-electron chi connectivity index (χ0n) is 26.9. The molecule has 4 rings (SSSR count). The van der Waals surface area contributed by atoms with E-state index in [4.69, 9.17) is 9.47 Å². The zero-order valence-corrected chi connectivity index (χ0v) is 27.7. The highest BCUT2D eigenvalue weighted by Crippen LogP contribution is 2.34. The van der Waals surface area contributed by atoms with Gasteiger partial charge in [0.2, 0.25) is 11.8 Å². The molecular formula is C36H40FN3O6S. The predicted octanol–water partition coefficient (Wildman–Crippen LogP) is 5.59. The number of nitrogens with zero attached hydrogens (tertiary/aromatic N) is 2. The molecule has 1 N–H and O–H groups in total. The van der Waals surface area contributed by atoms with Gasteiger partial charge in [-0.15, -0.1) is 0 Å². The summed E-state index contributed by atoms with van der Waals surface area (Å²) in [6.45, 7) is 2.81. The number of nitrogens with one attached hydrogen (secondary N) is 1. The highest BCUT2D eigenvalue weighted by atomic mass is 32.2. The molecule has 0 bridgehead atoms. The first kappa shape index (κ1) is 35.0. The molecule has 0 radical (unpaired) electrons. The van der Waals surface area contributed by atoms with Crippen molar-refractivity contribution in [2.24, 2.45) is 0 Å². The first-order chi connectivity index (χ1) is 22.6. The van der Waals surface area contributed by atoms with E-state index in [-0.39, 0.29) is 40.9 Å². The van der Waals surface area contributed by atoms with Gasteiger partial charge < -0.3 is 19.7 Å². The Morgan fingerprint density at radius 2 is 1.47 bits per heavy atom. The molecule has 2 amide bonds. The van der Waals surface area contributed by atoms with Gasteiger partial charge in [0.05, 0.1) is 24.8 Å². The van der Waals surface area contributed by atoms with Gasteiger partial charge in [-0.2, -0.15) is 0 Å². The van der Waals surface area contributed by atoms with E-state index in [0.29, 0.717) is 12.2 Å². The molecule has 0 aliphatic heterocycles. The van der Waals surface area contributed by atoms with Gasteiger partial charge in [0, 0.05) is 30.6 Å². The second-order valence-corrected chi connectivity index (χ2v) is 12.9. The summed E-state index contributed by atoms with van der Waals surface area (Å²) in [6.07, 6.45) is 0.762. The van der Waals surface area contributed by atoms with E-state index in [9.17, 15) is 18.0 Å². The molecule has 47 heavy (non-hydrogen) atoms. The number of carbonyl (C=O) groups excluding carboxylic acids is 2. The van der Waals surface area contributed by atoms with Crippen LogP contribution in [0, 0.1) is 5.82 Å². The summed E-state index contributed by atoms with van der Waals surface area (Å²) < 4.78 is 55.2. The topological polar surface area (TPSA) is 105 Å². The summed E-state index contributed by atoms with van der Waals surface area (Å²) in [5, 5.41) is 2.97. The van der Waals surface area contributed by atoms with Crippen molar-refractivity contribution < 1.29 is 31.9 Å². The smallest absolute Gasteiger partial charge is 0.264 e. The number of methoxy groups -OCH3 is 2. The van der Waals surface area contributed by atoms with Gasteiger partial charge in [0.25, 0.3) is 10.0 Å². The third-order valence-corrected chi connectivity index (χ3v) is 9.62. The Bertz CT molecular complexity index is 1760. The summed E-state index contributed by atoms with van der Waals surface area (Å²) in [5.74, 6) is -1.08. The lowest BCUT2D eigenvalue weighted by molar-refractivity contribution is -0.140. The molecule has 0 fully saturated rings. The number of benzene rings is 4. The van der Waals surface area contributed by atoms with Crippen molar-refractivity contribution in [1.29, 1.82) is 0 Å². The summed E-state index contributed by atoms with van der Waals surface area (Å²) >= 11 is 0. The third kappa shape index (κ3) is 8.68. The molecule has 4 aromatic carbocycles. The van der Waals surface area contributed by atoms with Gasteiger partial charge in [-0.25, -0.2) is 12.8 Å². The first-order valence-electron chi connectivity index (χ1n) is 15.3. The van der Waals surface area contributed by atoms with Crippen molar-refractivity contribution in [1.82, 2.24) is 10.2 Å². The molecule has 0 aliphatic rings. The minimum absolute atomic E-state index is 0.0430. The normalized spacial score (nSPS) is 12.4. The Hall–Kier alpha value is -4.90. The van der Waals surface area contributed by atoms with E-state index >= 15 is 4.39 Å². The van der Waals surface area contributed by atoms with E-state index in [1.165, 1.54) is 61.6 Å². The van der Waals surface area contributed by atoms with Crippen molar-refractivity contribution in [3.8, 4) is 11.5 Å². The minimum Gasteiger partial charge on any atom is -0.493 e. The summed E-state index contributed by atoms with van der Waals surface area (Å²) in [5.41, 5.74) is 1.09. The van der Waals surface area contributed by atoms with E-state index in [2.05, 4.69) is 5.32 Å². The second-order valence-electron chi connectivity index (χ2n) is 11.0. The van der Waals surface area contributed by atoms with Crippen LogP contribution < -0.4 is 19.1 Å². The van der Waals surface area contributed by atoms with Crippen molar-refractivity contribution in [2.45, 2.75) is 50.2 Å². The van der Waals surface area contributed by atoms with Gasteiger partial charge >= 0.3 is 0 Å². The number of sulfonamides is 1.